The van der Waals surface area contributed by atoms with E-state index in [-0.39, 0.29) is 6.04 Å². The lowest BCUT2D eigenvalue weighted by molar-refractivity contribution is 0.0983. The second-order valence-electron chi connectivity index (χ2n) is 5.38. The van der Waals surface area contributed by atoms with Gasteiger partial charge >= 0.3 is 0 Å². The summed E-state index contributed by atoms with van der Waals surface area (Å²) < 4.78 is 5.66. The third kappa shape index (κ3) is 2.77. The first-order chi connectivity index (χ1) is 9.22. The molecule has 3 rings (SSSR count). The Hall–Kier alpha value is -1.45. The molecule has 0 amide bonds. The van der Waals surface area contributed by atoms with Gasteiger partial charge in [0.15, 0.2) is 0 Å². The lowest BCUT2D eigenvalue weighted by atomic mass is 9.98. The highest BCUT2D eigenvalue weighted by atomic mass is 16.5. The summed E-state index contributed by atoms with van der Waals surface area (Å²) in [6.07, 6.45) is 3.55. The highest BCUT2D eigenvalue weighted by Gasteiger charge is 2.19. The van der Waals surface area contributed by atoms with Gasteiger partial charge in [0.05, 0.1) is 11.6 Å². The smallest absolute Gasteiger partial charge is 0.0705 e. The highest BCUT2D eigenvalue weighted by Crippen LogP contribution is 2.25. The fraction of sp³-hybridized carbons (Fsp3) is 0.438. The Morgan fingerprint density at radius 3 is 3.05 bits per heavy atom. The van der Waals surface area contributed by atoms with Crippen molar-refractivity contribution in [2.75, 3.05) is 6.61 Å². The molecule has 1 aromatic carbocycles. The molecule has 0 saturated carbocycles. The summed E-state index contributed by atoms with van der Waals surface area (Å²) >= 11 is 0. The van der Waals surface area contributed by atoms with Gasteiger partial charge in [-0.2, -0.15) is 0 Å². The summed E-state index contributed by atoms with van der Waals surface area (Å²) in [6, 6.07) is 10.5. The molecule has 3 nitrogen and oxygen atoms in total. The van der Waals surface area contributed by atoms with Gasteiger partial charge < -0.3 is 10.5 Å². The molecule has 2 unspecified atom stereocenters. The van der Waals surface area contributed by atoms with E-state index < -0.39 is 0 Å². The first-order valence-electron chi connectivity index (χ1n) is 6.97. The lowest BCUT2D eigenvalue weighted by Crippen LogP contribution is -2.18. The zero-order valence-corrected chi connectivity index (χ0v) is 11.3. The van der Waals surface area contributed by atoms with Gasteiger partial charge in [-0.3, -0.25) is 4.98 Å². The third-order valence-electron chi connectivity index (χ3n) is 3.82. The number of rotatable bonds is 3. The van der Waals surface area contributed by atoms with Gasteiger partial charge in [-0.1, -0.05) is 12.1 Å². The van der Waals surface area contributed by atoms with Crippen LogP contribution in [-0.4, -0.2) is 17.7 Å². The molecule has 1 aromatic heterocycles. The van der Waals surface area contributed by atoms with Gasteiger partial charge in [-0.05, 0) is 49.9 Å². The number of hydrogen-bond donors (Lipinski definition) is 1. The summed E-state index contributed by atoms with van der Waals surface area (Å²) in [5.41, 5.74) is 9.55. The van der Waals surface area contributed by atoms with Gasteiger partial charge in [-0.25, -0.2) is 0 Å². The van der Waals surface area contributed by atoms with Crippen LogP contribution in [0.15, 0.2) is 30.3 Å². The number of benzene rings is 1. The molecule has 0 aliphatic carbocycles. The van der Waals surface area contributed by atoms with E-state index in [0.717, 1.165) is 42.5 Å². The normalized spacial score (nSPS) is 20.8. The second-order valence-corrected chi connectivity index (χ2v) is 5.38. The molecule has 1 saturated heterocycles. The molecule has 1 fully saturated rings. The third-order valence-corrected chi connectivity index (χ3v) is 3.82. The number of aryl methyl sites for hydroxylation is 1. The van der Waals surface area contributed by atoms with Crippen molar-refractivity contribution in [2.45, 2.75) is 38.3 Å². The summed E-state index contributed by atoms with van der Waals surface area (Å²) in [6.45, 7) is 2.90. The van der Waals surface area contributed by atoms with Crippen molar-refractivity contribution in [3.8, 4) is 0 Å². The predicted octanol–water partition coefficient (Wildman–Crippen LogP) is 3.11. The number of ether oxygens (including phenoxy) is 1. The zero-order chi connectivity index (χ0) is 13.2. The van der Waals surface area contributed by atoms with E-state index >= 15 is 0 Å². The van der Waals surface area contributed by atoms with Crippen molar-refractivity contribution in [2.24, 2.45) is 5.73 Å². The van der Waals surface area contributed by atoms with E-state index in [4.69, 9.17) is 10.5 Å². The van der Waals surface area contributed by atoms with Crippen molar-refractivity contribution < 1.29 is 4.74 Å². The number of nitrogens with zero attached hydrogens (tertiary/aromatic N) is 1. The van der Waals surface area contributed by atoms with Crippen LogP contribution < -0.4 is 5.73 Å². The summed E-state index contributed by atoms with van der Waals surface area (Å²) in [4.78, 5) is 4.51. The maximum atomic E-state index is 6.30. The van der Waals surface area contributed by atoms with Crippen molar-refractivity contribution >= 4 is 10.9 Å². The Labute approximate surface area is 113 Å². The molecule has 100 valence electrons. The molecule has 0 bridgehead atoms. The van der Waals surface area contributed by atoms with Crippen LogP contribution in [0.1, 0.15) is 36.6 Å². The van der Waals surface area contributed by atoms with E-state index in [1.807, 2.05) is 13.0 Å². The number of aromatic nitrogens is 1. The van der Waals surface area contributed by atoms with E-state index in [9.17, 15) is 0 Å². The number of fused-ring (bicyclic) bond motifs is 1. The second kappa shape index (κ2) is 5.27. The monoisotopic (exact) mass is 256 g/mol. The maximum absolute atomic E-state index is 6.30. The average molecular weight is 256 g/mol. The first-order valence-corrected chi connectivity index (χ1v) is 6.97. The van der Waals surface area contributed by atoms with Gasteiger partial charge in [0.1, 0.15) is 0 Å². The van der Waals surface area contributed by atoms with Gasteiger partial charge in [0, 0.05) is 23.7 Å². The molecule has 2 aromatic rings. The minimum Gasteiger partial charge on any atom is -0.378 e. The fourth-order valence-corrected chi connectivity index (χ4v) is 2.73. The molecule has 1 aliphatic rings. The first kappa shape index (κ1) is 12.6. The molecule has 2 N–H and O–H groups in total. The van der Waals surface area contributed by atoms with Crippen LogP contribution in [0.3, 0.4) is 0 Å². The van der Waals surface area contributed by atoms with Gasteiger partial charge in [0.2, 0.25) is 0 Å². The van der Waals surface area contributed by atoms with Crippen molar-refractivity contribution in [3.63, 3.8) is 0 Å². The molecule has 2 heterocycles. The molecule has 3 heteroatoms. The summed E-state index contributed by atoms with van der Waals surface area (Å²) in [5, 5.41) is 1.16. The SMILES string of the molecule is Cc1ccc2cc(C(N)CC3CCCO3)ccc2n1. The van der Waals surface area contributed by atoms with E-state index in [0.29, 0.717) is 6.10 Å². The quantitative estimate of drug-likeness (QED) is 0.918. The van der Waals surface area contributed by atoms with Crippen LogP contribution in [0.2, 0.25) is 0 Å². The molecule has 0 radical (unpaired) electrons. The van der Waals surface area contributed by atoms with Gasteiger partial charge in [0.25, 0.3) is 0 Å². The fourth-order valence-electron chi connectivity index (χ4n) is 2.73. The Morgan fingerprint density at radius 2 is 2.26 bits per heavy atom. The minimum atomic E-state index is 0.0498. The van der Waals surface area contributed by atoms with Crippen LogP contribution in [0, 0.1) is 6.92 Å². The van der Waals surface area contributed by atoms with Gasteiger partial charge in [-0.15, -0.1) is 0 Å². The molecule has 0 spiro atoms. The molecule has 1 aliphatic heterocycles. The Kier molecular flexibility index (Phi) is 3.49. The van der Waals surface area contributed by atoms with E-state index in [1.54, 1.807) is 0 Å². The summed E-state index contributed by atoms with van der Waals surface area (Å²) in [7, 11) is 0. The summed E-state index contributed by atoms with van der Waals surface area (Å²) in [5.74, 6) is 0. The number of hydrogen-bond acceptors (Lipinski definition) is 3. The molecular formula is C16H20N2O. The van der Waals surface area contributed by atoms with E-state index in [2.05, 4.69) is 29.2 Å². The van der Waals surface area contributed by atoms with Crippen molar-refractivity contribution in [3.05, 3.63) is 41.6 Å². The average Bonchev–Trinajstić information content (AvgIpc) is 2.91. The number of nitrogens with two attached hydrogens (primary N) is 1. The van der Waals surface area contributed by atoms with Crippen LogP contribution in [0.4, 0.5) is 0 Å². The van der Waals surface area contributed by atoms with E-state index in [1.165, 1.54) is 5.56 Å². The maximum Gasteiger partial charge on any atom is 0.0705 e. The van der Waals surface area contributed by atoms with Crippen LogP contribution >= 0.6 is 0 Å². The van der Waals surface area contributed by atoms with Crippen LogP contribution in [0.5, 0.6) is 0 Å². The molecule has 2 atom stereocenters. The molecular weight excluding hydrogens is 236 g/mol. The predicted molar refractivity (Wildman–Crippen MR) is 77.0 cm³/mol. The Balaban J connectivity index is 1.81. The lowest BCUT2D eigenvalue weighted by Gasteiger charge is -2.17. The number of pyridine rings is 1. The van der Waals surface area contributed by atoms with Crippen LogP contribution in [0.25, 0.3) is 10.9 Å². The Morgan fingerprint density at radius 1 is 1.37 bits per heavy atom. The molecule has 19 heavy (non-hydrogen) atoms. The minimum absolute atomic E-state index is 0.0498. The van der Waals surface area contributed by atoms with Crippen LogP contribution in [-0.2, 0) is 4.74 Å². The van der Waals surface area contributed by atoms with Crippen molar-refractivity contribution in [1.29, 1.82) is 0 Å². The highest BCUT2D eigenvalue weighted by molar-refractivity contribution is 5.79. The Bertz CT molecular complexity index is 576. The largest absolute Gasteiger partial charge is 0.378 e. The zero-order valence-electron chi connectivity index (χ0n) is 11.3. The topological polar surface area (TPSA) is 48.1 Å². The van der Waals surface area contributed by atoms with Crippen molar-refractivity contribution in [1.82, 2.24) is 4.98 Å². The standard InChI is InChI=1S/C16H20N2O/c1-11-4-5-13-9-12(6-7-16(13)18-11)15(17)10-14-3-2-8-19-14/h4-7,9,14-15H,2-3,8,10,17H2,1H3.